The Morgan fingerprint density at radius 2 is 2.00 bits per heavy atom. The third kappa shape index (κ3) is 1.59. The summed E-state index contributed by atoms with van der Waals surface area (Å²) in [5.74, 6) is 0.279. The quantitative estimate of drug-likeness (QED) is 0.555. The van der Waals surface area contributed by atoms with Crippen molar-refractivity contribution in [2.24, 2.45) is 0 Å². The SMILES string of the molecule is Cc1ccc(-c2cc(N)ccc2O)s1. The van der Waals surface area contributed by atoms with Gasteiger partial charge < -0.3 is 10.8 Å². The van der Waals surface area contributed by atoms with Gasteiger partial charge in [0.1, 0.15) is 5.75 Å². The van der Waals surface area contributed by atoms with Gasteiger partial charge in [-0.15, -0.1) is 11.3 Å². The summed E-state index contributed by atoms with van der Waals surface area (Å²) >= 11 is 1.65. The van der Waals surface area contributed by atoms with Gasteiger partial charge in [0.05, 0.1) is 0 Å². The number of rotatable bonds is 1. The molecule has 0 spiro atoms. The zero-order valence-electron chi connectivity index (χ0n) is 7.82. The topological polar surface area (TPSA) is 46.2 Å². The highest BCUT2D eigenvalue weighted by atomic mass is 32.1. The molecule has 2 rings (SSSR count). The van der Waals surface area contributed by atoms with Crippen LogP contribution >= 0.6 is 11.3 Å². The number of thiophene rings is 1. The highest BCUT2D eigenvalue weighted by Crippen LogP contribution is 2.35. The summed E-state index contributed by atoms with van der Waals surface area (Å²) in [4.78, 5) is 2.27. The lowest BCUT2D eigenvalue weighted by atomic mass is 10.1. The Balaban J connectivity index is 2.55. The lowest BCUT2D eigenvalue weighted by Crippen LogP contribution is -1.84. The number of aromatic hydroxyl groups is 1. The molecule has 2 aromatic rings. The van der Waals surface area contributed by atoms with Crippen molar-refractivity contribution in [1.29, 1.82) is 0 Å². The summed E-state index contributed by atoms with van der Waals surface area (Å²) in [6.45, 7) is 2.04. The summed E-state index contributed by atoms with van der Waals surface area (Å²) in [5.41, 5.74) is 7.14. The molecule has 0 aliphatic rings. The van der Waals surface area contributed by atoms with Crippen molar-refractivity contribution in [3.8, 4) is 16.2 Å². The van der Waals surface area contributed by atoms with Crippen LogP contribution in [0, 0.1) is 6.92 Å². The molecular weight excluding hydrogens is 194 g/mol. The Hall–Kier alpha value is -1.48. The van der Waals surface area contributed by atoms with Gasteiger partial charge in [-0.1, -0.05) is 0 Å². The first-order chi connectivity index (χ1) is 6.66. The van der Waals surface area contributed by atoms with E-state index in [1.165, 1.54) is 4.88 Å². The minimum absolute atomic E-state index is 0.279. The van der Waals surface area contributed by atoms with Crippen molar-refractivity contribution in [2.75, 3.05) is 5.73 Å². The number of hydrogen-bond donors (Lipinski definition) is 2. The molecule has 1 heterocycles. The molecule has 0 unspecified atom stereocenters. The highest BCUT2D eigenvalue weighted by Gasteiger charge is 2.06. The molecule has 3 N–H and O–H groups in total. The Bertz CT molecular complexity index is 462. The van der Waals surface area contributed by atoms with Crippen LogP contribution in [-0.2, 0) is 0 Å². The smallest absolute Gasteiger partial charge is 0.124 e. The molecule has 0 radical (unpaired) electrons. The predicted octanol–water partition coefficient (Wildman–Crippen LogP) is 3.01. The lowest BCUT2D eigenvalue weighted by molar-refractivity contribution is 0.477. The first kappa shape index (κ1) is 9.09. The number of phenols is 1. The van der Waals surface area contributed by atoms with Crippen molar-refractivity contribution in [2.45, 2.75) is 6.92 Å². The Kier molecular flexibility index (Phi) is 2.17. The highest BCUT2D eigenvalue weighted by molar-refractivity contribution is 7.15. The summed E-state index contributed by atoms with van der Waals surface area (Å²) in [6, 6.07) is 9.14. The molecule has 1 aromatic carbocycles. The van der Waals surface area contributed by atoms with Crippen LogP contribution in [0.2, 0.25) is 0 Å². The van der Waals surface area contributed by atoms with Gasteiger partial charge in [-0.3, -0.25) is 0 Å². The molecule has 14 heavy (non-hydrogen) atoms. The number of benzene rings is 1. The molecular formula is C11H11NOS. The average Bonchev–Trinajstić information content (AvgIpc) is 2.56. The number of aryl methyl sites for hydroxylation is 1. The maximum atomic E-state index is 9.65. The van der Waals surface area contributed by atoms with Gasteiger partial charge in [-0.25, -0.2) is 0 Å². The fourth-order valence-corrected chi connectivity index (χ4v) is 2.22. The number of nitrogens with two attached hydrogens (primary N) is 1. The van der Waals surface area contributed by atoms with Crippen LogP contribution in [0.3, 0.4) is 0 Å². The maximum Gasteiger partial charge on any atom is 0.124 e. The summed E-state index contributed by atoms with van der Waals surface area (Å²) < 4.78 is 0. The molecule has 72 valence electrons. The molecule has 1 aromatic heterocycles. The summed E-state index contributed by atoms with van der Waals surface area (Å²) in [6.07, 6.45) is 0. The number of nitrogen functional groups attached to an aromatic ring is 1. The third-order valence-corrected chi connectivity index (χ3v) is 3.06. The molecule has 0 amide bonds. The molecule has 2 nitrogen and oxygen atoms in total. The van der Waals surface area contributed by atoms with Gasteiger partial charge in [-0.05, 0) is 37.3 Å². The Morgan fingerprint density at radius 3 is 2.64 bits per heavy atom. The van der Waals surface area contributed by atoms with Gasteiger partial charge in [0.15, 0.2) is 0 Å². The van der Waals surface area contributed by atoms with Crippen LogP contribution in [0.1, 0.15) is 4.88 Å². The standard InChI is InChI=1S/C11H11NOS/c1-7-2-5-11(14-7)9-6-8(12)3-4-10(9)13/h2-6,13H,12H2,1H3. The molecule has 0 fully saturated rings. The van der Waals surface area contributed by atoms with E-state index >= 15 is 0 Å². The first-order valence-corrected chi connectivity index (χ1v) is 5.14. The lowest BCUT2D eigenvalue weighted by Gasteiger charge is -2.02. The normalized spacial score (nSPS) is 10.4. The molecule has 0 saturated heterocycles. The van der Waals surface area contributed by atoms with E-state index in [0.29, 0.717) is 5.69 Å². The number of hydrogen-bond acceptors (Lipinski definition) is 3. The van der Waals surface area contributed by atoms with E-state index in [0.717, 1.165) is 10.4 Å². The van der Waals surface area contributed by atoms with E-state index in [2.05, 4.69) is 0 Å². The minimum Gasteiger partial charge on any atom is -0.507 e. The van der Waals surface area contributed by atoms with E-state index in [-0.39, 0.29) is 5.75 Å². The van der Waals surface area contributed by atoms with Gasteiger partial charge >= 0.3 is 0 Å². The van der Waals surface area contributed by atoms with Crippen LogP contribution in [0.25, 0.3) is 10.4 Å². The third-order valence-electron chi connectivity index (χ3n) is 2.03. The minimum atomic E-state index is 0.279. The van der Waals surface area contributed by atoms with E-state index in [4.69, 9.17) is 5.73 Å². The molecule has 0 aliphatic carbocycles. The maximum absolute atomic E-state index is 9.65. The van der Waals surface area contributed by atoms with Crippen molar-refractivity contribution in [3.05, 3.63) is 35.2 Å². The van der Waals surface area contributed by atoms with Gasteiger partial charge in [0.2, 0.25) is 0 Å². The van der Waals surface area contributed by atoms with Gasteiger partial charge in [0, 0.05) is 21.0 Å². The van der Waals surface area contributed by atoms with E-state index in [1.807, 2.05) is 19.1 Å². The number of anilines is 1. The number of phenolic OH excluding ortho intramolecular Hbond substituents is 1. The molecule has 3 heteroatoms. The molecule has 0 aliphatic heterocycles. The van der Waals surface area contributed by atoms with Crippen molar-refractivity contribution in [1.82, 2.24) is 0 Å². The molecule has 0 bridgehead atoms. The van der Waals surface area contributed by atoms with E-state index in [9.17, 15) is 5.11 Å². The average molecular weight is 205 g/mol. The van der Waals surface area contributed by atoms with Crippen molar-refractivity contribution in [3.63, 3.8) is 0 Å². The predicted molar refractivity (Wildman–Crippen MR) is 60.6 cm³/mol. The molecule has 0 atom stereocenters. The fourth-order valence-electron chi connectivity index (χ4n) is 1.33. The largest absolute Gasteiger partial charge is 0.507 e. The van der Waals surface area contributed by atoms with Crippen LogP contribution in [0.5, 0.6) is 5.75 Å². The van der Waals surface area contributed by atoms with Crippen LogP contribution < -0.4 is 5.73 Å². The summed E-state index contributed by atoms with van der Waals surface area (Å²) in [5, 5.41) is 9.65. The van der Waals surface area contributed by atoms with Crippen molar-refractivity contribution < 1.29 is 5.11 Å². The zero-order chi connectivity index (χ0) is 10.1. The van der Waals surface area contributed by atoms with Gasteiger partial charge in [0.25, 0.3) is 0 Å². The van der Waals surface area contributed by atoms with Crippen molar-refractivity contribution >= 4 is 17.0 Å². The van der Waals surface area contributed by atoms with E-state index < -0.39 is 0 Å². The zero-order valence-corrected chi connectivity index (χ0v) is 8.64. The molecule has 0 saturated carbocycles. The van der Waals surface area contributed by atoms with Crippen LogP contribution in [0.4, 0.5) is 5.69 Å². The Labute approximate surface area is 86.6 Å². The Morgan fingerprint density at radius 1 is 1.21 bits per heavy atom. The fraction of sp³-hybridized carbons (Fsp3) is 0.0909. The second-order valence-electron chi connectivity index (χ2n) is 3.19. The summed E-state index contributed by atoms with van der Waals surface area (Å²) in [7, 11) is 0. The second kappa shape index (κ2) is 3.35. The van der Waals surface area contributed by atoms with Crippen LogP contribution in [-0.4, -0.2) is 5.11 Å². The van der Waals surface area contributed by atoms with E-state index in [1.54, 1.807) is 29.5 Å². The first-order valence-electron chi connectivity index (χ1n) is 4.32. The van der Waals surface area contributed by atoms with Crippen LogP contribution in [0.15, 0.2) is 30.3 Å². The monoisotopic (exact) mass is 205 g/mol. The van der Waals surface area contributed by atoms with Gasteiger partial charge in [-0.2, -0.15) is 0 Å². The second-order valence-corrected chi connectivity index (χ2v) is 4.47.